The van der Waals surface area contributed by atoms with Crippen LogP contribution in [0.15, 0.2) is 12.4 Å². The first-order valence-corrected chi connectivity index (χ1v) is 5.67. The first-order valence-electron chi connectivity index (χ1n) is 5.67. The first kappa shape index (κ1) is 11.2. The van der Waals surface area contributed by atoms with Crippen LogP contribution in [0.4, 0.5) is 11.6 Å². The van der Waals surface area contributed by atoms with Crippen LogP contribution in [0, 0.1) is 16.7 Å². The molecule has 4 heteroatoms. The van der Waals surface area contributed by atoms with Crippen molar-refractivity contribution in [2.24, 2.45) is 16.7 Å². The minimum Gasteiger partial charge on any atom is -0.382 e. The fraction of sp³-hybridized carbons (Fsp3) is 0.667. The van der Waals surface area contributed by atoms with Crippen LogP contribution in [-0.4, -0.2) is 16.5 Å². The molecule has 1 fully saturated rings. The largest absolute Gasteiger partial charge is 0.382 e. The maximum absolute atomic E-state index is 5.57. The third-order valence-electron chi connectivity index (χ3n) is 4.46. The number of rotatable bonds is 3. The van der Waals surface area contributed by atoms with Gasteiger partial charge in [-0.1, -0.05) is 27.7 Å². The molecule has 1 aliphatic rings. The van der Waals surface area contributed by atoms with Gasteiger partial charge in [-0.25, -0.2) is 4.98 Å². The van der Waals surface area contributed by atoms with Crippen LogP contribution in [0.25, 0.3) is 0 Å². The maximum atomic E-state index is 5.57. The summed E-state index contributed by atoms with van der Waals surface area (Å²) in [6, 6.07) is 0. The molecule has 0 radical (unpaired) electrons. The number of aromatic nitrogens is 2. The average molecular weight is 220 g/mol. The van der Waals surface area contributed by atoms with E-state index in [4.69, 9.17) is 5.73 Å². The predicted octanol–water partition coefficient (Wildman–Crippen LogP) is 2.15. The highest BCUT2D eigenvalue weighted by atomic mass is 15.0. The van der Waals surface area contributed by atoms with E-state index in [1.807, 2.05) is 0 Å². The van der Waals surface area contributed by atoms with E-state index >= 15 is 0 Å². The molecule has 0 unspecified atom stereocenters. The zero-order chi connectivity index (χ0) is 12.0. The molecule has 88 valence electrons. The molecule has 1 aromatic heterocycles. The second-order valence-electron chi connectivity index (χ2n) is 5.71. The number of hydrogen-bond donors (Lipinski definition) is 2. The molecule has 4 nitrogen and oxygen atoms in total. The summed E-state index contributed by atoms with van der Waals surface area (Å²) >= 11 is 0. The van der Waals surface area contributed by atoms with Gasteiger partial charge in [-0.05, 0) is 16.7 Å². The Morgan fingerprint density at radius 2 is 1.88 bits per heavy atom. The zero-order valence-electron chi connectivity index (χ0n) is 10.4. The van der Waals surface area contributed by atoms with E-state index in [0.29, 0.717) is 22.6 Å². The number of nitrogens with one attached hydrogen (secondary N) is 1. The summed E-state index contributed by atoms with van der Waals surface area (Å²) in [6.45, 7) is 10.2. The van der Waals surface area contributed by atoms with Crippen LogP contribution in [0.2, 0.25) is 0 Å². The number of hydrogen-bond acceptors (Lipinski definition) is 4. The van der Waals surface area contributed by atoms with Gasteiger partial charge in [0.1, 0.15) is 11.6 Å². The van der Waals surface area contributed by atoms with E-state index in [0.717, 1.165) is 12.4 Å². The summed E-state index contributed by atoms with van der Waals surface area (Å²) in [4.78, 5) is 8.18. The lowest BCUT2D eigenvalue weighted by molar-refractivity contribution is 0.457. The van der Waals surface area contributed by atoms with Gasteiger partial charge in [0, 0.05) is 6.54 Å². The Bertz CT molecular complexity index is 384. The molecule has 0 atom stereocenters. The van der Waals surface area contributed by atoms with Crippen molar-refractivity contribution in [3.63, 3.8) is 0 Å². The van der Waals surface area contributed by atoms with Gasteiger partial charge in [0.15, 0.2) is 0 Å². The van der Waals surface area contributed by atoms with E-state index in [9.17, 15) is 0 Å². The highest BCUT2D eigenvalue weighted by molar-refractivity contribution is 5.39. The quantitative estimate of drug-likeness (QED) is 0.819. The molecule has 0 aromatic carbocycles. The molecular weight excluding hydrogens is 200 g/mol. The van der Waals surface area contributed by atoms with E-state index in [2.05, 4.69) is 43.0 Å². The molecule has 0 aliphatic heterocycles. The summed E-state index contributed by atoms with van der Waals surface area (Å²) in [5, 5.41) is 3.31. The maximum Gasteiger partial charge on any atom is 0.146 e. The average Bonchev–Trinajstić information content (AvgIpc) is 2.55. The van der Waals surface area contributed by atoms with E-state index in [-0.39, 0.29) is 0 Å². The minimum atomic E-state index is 0.397. The first-order chi connectivity index (χ1) is 7.35. The van der Waals surface area contributed by atoms with Crippen LogP contribution in [-0.2, 0) is 0 Å². The Labute approximate surface area is 96.7 Å². The van der Waals surface area contributed by atoms with E-state index in [1.54, 1.807) is 12.4 Å². The lowest BCUT2D eigenvalue weighted by Crippen LogP contribution is -2.10. The highest BCUT2D eigenvalue weighted by Gasteiger charge is 2.64. The molecule has 1 aromatic rings. The highest BCUT2D eigenvalue weighted by Crippen LogP contribution is 2.68. The normalized spacial score (nSPS) is 21.8. The molecule has 0 bridgehead atoms. The Balaban J connectivity index is 1.95. The lowest BCUT2D eigenvalue weighted by atomic mass is 10.0. The molecule has 1 aliphatic carbocycles. The molecular formula is C12H20N4. The lowest BCUT2D eigenvalue weighted by Gasteiger charge is -2.06. The van der Waals surface area contributed by atoms with Crippen molar-refractivity contribution in [3.8, 4) is 0 Å². The van der Waals surface area contributed by atoms with Crippen LogP contribution in [0.3, 0.4) is 0 Å². The van der Waals surface area contributed by atoms with Crippen LogP contribution < -0.4 is 11.1 Å². The molecule has 16 heavy (non-hydrogen) atoms. The van der Waals surface area contributed by atoms with Crippen molar-refractivity contribution in [3.05, 3.63) is 12.4 Å². The Kier molecular flexibility index (Phi) is 2.33. The summed E-state index contributed by atoms with van der Waals surface area (Å²) in [6.07, 6.45) is 3.26. The minimum absolute atomic E-state index is 0.397. The van der Waals surface area contributed by atoms with Crippen molar-refractivity contribution in [2.75, 3.05) is 17.6 Å². The second kappa shape index (κ2) is 3.34. The fourth-order valence-electron chi connectivity index (χ4n) is 2.52. The molecule has 1 saturated carbocycles. The fourth-order valence-corrected chi connectivity index (χ4v) is 2.52. The Morgan fingerprint density at radius 1 is 1.25 bits per heavy atom. The molecule has 1 heterocycles. The molecule has 0 saturated heterocycles. The van der Waals surface area contributed by atoms with E-state index < -0.39 is 0 Å². The van der Waals surface area contributed by atoms with Crippen molar-refractivity contribution < 1.29 is 0 Å². The van der Waals surface area contributed by atoms with Gasteiger partial charge in [-0.3, -0.25) is 4.98 Å². The topological polar surface area (TPSA) is 63.8 Å². The zero-order valence-corrected chi connectivity index (χ0v) is 10.4. The summed E-state index contributed by atoms with van der Waals surface area (Å²) in [7, 11) is 0. The Morgan fingerprint density at radius 3 is 2.38 bits per heavy atom. The van der Waals surface area contributed by atoms with Gasteiger partial charge in [-0.2, -0.15) is 0 Å². The number of anilines is 2. The second-order valence-corrected chi connectivity index (χ2v) is 5.71. The smallest absolute Gasteiger partial charge is 0.146 e. The monoisotopic (exact) mass is 220 g/mol. The van der Waals surface area contributed by atoms with Gasteiger partial charge in [0.2, 0.25) is 0 Å². The van der Waals surface area contributed by atoms with Gasteiger partial charge in [0.05, 0.1) is 12.4 Å². The third kappa shape index (κ3) is 1.62. The van der Waals surface area contributed by atoms with Crippen LogP contribution >= 0.6 is 0 Å². The van der Waals surface area contributed by atoms with E-state index in [1.165, 1.54) is 0 Å². The van der Waals surface area contributed by atoms with Gasteiger partial charge in [0.25, 0.3) is 0 Å². The summed E-state index contributed by atoms with van der Waals surface area (Å²) in [5.41, 5.74) is 6.37. The van der Waals surface area contributed by atoms with Crippen molar-refractivity contribution in [1.82, 2.24) is 9.97 Å². The summed E-state index contributed by atoms with van der Waals surface area (Å²) in [5.74, 6) is 1.89. The molecule has 3 N–H and O–H groups in total. The van der Waals surface area contributed by atoms with Crippen LogP contribution in [0.5, 0.6) is 0 Å². The van der Waals surface area contributed by atoms with Gasteiger partial charge < -0.3 is 11.1 Å². The van der Waals surface area contributed by atoms with Gasteiger partial charge in [-0.15, -0.1) is 0 Å². The molecule has 2 rings (SSSR count). The number of nitrogens with two attached hydrogens (primary N) is 1. The number of nitrogen functional groups attached to an aromatic ring is 1. The van der Waals surface area contributed by atoms with Gasteiger partial charge >= 0.3 is 0 Å². The summed E-state index contributed by atoms with van der Waals surface area (Å²) < 4.78 is 0. The van der Waals surface area contributed by atoms with Crippen molar-refractivity contribution in [1.29, 1.82) is 0 Å². The SMILES string of the molecule is CC1(C)C(CNc2cncc(N)n2)C1(C)C. The van der Waals surface area contributed by atoms with Crippen LogP contribution in [0.1, 0.15) is 27.7 Å². The predicted molar refractivity (Wildman–Crippen MR) is 66.0 cm³/mol. The van der Waals surface area contributed by atoms with Crippen molar-refractivity contribution in [2.45, 2.75) is 27.7 Å². The standard InChI is InChI=1S/C12H20N4/c1-11(2)8(12(11,3)4)5-15-10-7-14-6-9(13)16-10/h6-8H,5H2,1-4H3,(H3,13,15,16). The number of nitrogens with zero attached hydrogens (tertiary/aromatic N) is 2. The molecule has 0 amide bonds. The molecule has 0 spiro atoms. The van der Waals surface area contributed by atoms with Crippen molar-refractivity contribution >= 4 is 11.6 Å². The third-order valence-corrected chi connectivity index (χ3v) is 4.46. The Hall–Kier alpha value is -1.32.